The van der Waals surface area contributed by atoms with Gasteiger partial charge in [0.1, 0.15) is 0 Å². The first-order valence-electron chi connectivity index (χ1n) is 9.63. The first kappa shape index (κ1) is 20.6. The summed E-state index contributed by atoms with van der Waals surface area (Å²) in [4.78, 5) is 16.1. The summed E-state index contributed by atoms with van der Waals surface area (Å²) >= 11 is 0. The van der Waals surface area contributed by atoms with Gasteiger partial charge in [-0.25, -0.2) is 0 Å². The molecule has 0 unspecified atom stereocenters. The van der Waals surface area contributed by atoms with E-state index in [1.165, 1.54) is 6.42 Å². The third kappa shape index (κ3) is 5.15. The zero-order chi connectivity index (χ0) is 18.4. The molecule has 8 heteroatoms. The number of carbonyl (C=O) groups excluding carboxylic acids is 1. The van der Waals surface area contributed by atoms with Crippen LogP contribution in [0, 0.1) is 0 Å². The molecule has 0 aromatic rings. The Hall–Kier alpha value is -0.700. The van der Waals surface area contributed by atoms with Crippen molar-refractivity contribution in [3.05, 3.63) is 0 Å². The molecule has 2 fully saturated rings. The number of nitrogens with zero attached hydrogens (tertiary/aromatic N) is 4. The Labute approximate surface area is 153 Å². The molecular weight excluding hydrogens is 340 g/mol. The molecule has 1 amide bonds. The van der Waals surface area contributed by atoms with E-state index in [9.17, 15) is 13.2 Å². The SMILES string of the molecule is CCN(CC)C(=O)CN1CCN(S(=O)(=O)N(C)C2CCCCC2)CC1. The van der Waals surface area contributed by atoms with Crippen molar-refractivity contribution in [2.45, 2.75) is 52.0 Å². The van der Waals surface area contributed by atoms with Crippen molar-refractivity contribution in [2.75, 3.05) is 52.9 Å². The first-order chi connectivity index (χ1) is 11.9. The van der Waals surface area contributed by atoms with Crippen molar-refractivity contribution in [1.82, 2.24) is 18.4 Å². The largest absolute Gasteiger partial charge is 0.342 e. The molecule has 7 nitrogen and oxygen atoms in total. The molecule has 0 bridgehead atoms. The molecule has 0 aromatic heterocycles. The fourth-order valence-electron chi connectivity index (χ4n) is 3.80. The summed E-state index contributed by atoms with van der Waals surface area (Å²) in [7, 11) is -1.67. The number of hydrogen-bond donors (Lipinski definition) is 0. The van der Waals surface area contributed by atoms with Crippen molar-refractivity contribution < 1.29 is 13.2 Å². The van der Waals surface area contributed by atoms with Crippen LogP contribution in [0.25, 0.3) is 0 Å². The van der Waals surface area contributed by atoms with Gasteiger partial charge in [0.25, 0.3) is 10.2 Å². The summed E-state index contributed by atoms with van der Waals surface area (Å²) in [5.41, 5.74) is 0. The van der Waals surface area contributed by atoms with Crippen LogP contribution in [-0.2, 0) is 15.0 Å². The van der Waals surface area contributed by atoms with E-state index < -0.39 is 10.2 Å². The van der Waals surface area contributed by atoms with Crippen LogP contribution in [0.1, 0.15) is 46.0 Å². The van der Waals surface area contributed by atoms with E-state index in [1.54, 1.807) is 15.7 Å². The standard InChI is InChI=1S/C17H34N4O3S/c1-4-20(5-2)17(22)15-19-11-13-21(14-12-19)25(23,24)18(3)16-9-7-6-8-10-16/h16H,4-15H2,1-3H3. The Morgan fingerprint density at radius 3 is 2.08 bits per heavy atom. The number of amides is 1. The minimum atomic E-state index is -3.39. The number of carbonyl (C=O) groups is 1. The molecule has 1 heterocycles. The van der Waals surface area contributed by atoms with E-state index in [0.717, 1.165) is 38.8 Å². The van der Waals surface area contributed by atoms with Crippen LogP contribution in [0.2, 0.25) is 0 Å². The second-order valence-electron chi connectivity index (χ2n) is 7.06. The number of rotatable bonds is 7. The maximum Gasteiger partial charge on any atom is 0.282 e. The van der Waals surface area contributed by atoms with Gasteiger partial charge in [0, 0.05) is 52.4 Å². The zero-order valence-electron chi connectivity index (χ0n) is 16.0. The lowest BCUT2D eigenvalue weighted by Crippen LogP contribution is -2.55. The molecule has 1 aliphatic heterocycles. The summed E-state index contributed by atoms with van der Waals surface area (Å²) < 4.78 is 28.9. The highest BCUT2D eigenvalue weighted by Gasteiger charge is 2.34. The van der Waals surface area contributed by atoms with E-state index in [4.69, 9.17) is 0 Å². The van der Waals surface area contributed by atoms with E-state index in [0.29, 0.717) is 32.7 Å². The molecule has 2 aliphatic rings. The monoisotopic (exact) mass is 374 g/mol. The Bertz CT molecular complexity index is 522. The lowest BCUT2D eigenvalue weighted by atomic mass is 9.96. The highest BCUT2D eigenvalue weighted by molar-refractivity contribution is 7.86. The van der Waals surface area contributed by atoms with Crippen molar-refractivity contribution in [3.8, 4) is 0 Å². The fraction of sp³-hybridized carbons (Fsp3) is 0.941. The average molecular weight is 375 g/mol. The van der Waals surface area contributed by atoms with Gasteiger partial charge in [-0.1, -0.05) is 19.3 Å². The second-order valence-corrected chi connectivity index (χ2v) is 9.05. The van der Waals surface area contributed by atoms with Crippen LogP contribution in [0.5, 0.6) is 0 Å². The molecular formula is C17H34N4O3S. The molecule has 0 N–H and O–H groups in total. The van der Waals surface area contributed by atoms with Crippen LogP contribution < -0.4 is 0 Å². The van der Waals surface area contributed by atoms with Gasteiger partial charge in [0.2, 0.25) is 5.91 Å². The maximum atomic E-state index is 12.9. The predicted octanol–water partition coefficient (Wildman–Crippen LogP) is 0.982. The Morgan fingerprint density at radius 2 is 1.56 bits per heavy atom. The summed E-state index contributed by atoms with van der Waals surface area (Å²) in [6.07, 6.45) is 5.38. The van der Waals surface area contributed by atoms with Crippen LogP contribution in [0.4, 0.5) is 0 Å². The molecule has 146 valence electrons. The Kier molecular flexibility index (Phi) is 7.67. The van der Waals surface area contributed by atoms with Crippen LogP contribution in [-0.4, -0.2) is 91.6 Å². The van der Waals surface area contributed by atoms with Crippen molar-refractivity contribution in [2.24, 2.45) is 0 Å². The Morgan fingerprint density at radius 1 is 1.00 bits per heavy atom. The van der Waals surface area contributed by atoms with E-state index in [-0.39, 0.29) is 11.9 Å². The van der Waals surface area contributed by atoms with Gasteiger partial charge in [0.05, 0.1) is 6.54 Å². The maximum absolute atomic E-state index is 12.9. The van der Waals surface area contributed by atoms with Gasteiger partial charge in [-0.3, -0.25) is 9.69 Å². The normalized spacial score (nSPS) is 21.6. The molecule has 0 aromatic carbocycles. The average Bonchev–Trinajstić information content (AvgIpc) is 2.63. The lowest BCUT2D eigenvalue weighted by Gasteiger charge is -2.38. The predicted molar refractivity (Wildman–Crippen MR) is 99.5 cm³/mol. The molecule has 25 heavy (non-hydrogen) atoms. The third-order valence-corrected chi connectivity index (χ3v) is 7.63. The molecule has 0 spiro atoms. The van der Waals surface area contributed by atoms with Crippen molar-refractivity contribution in [1.29, 1.82) is 0 Å². The van der Waals surface area contributed by atoms with E-state index in [1.807, 2.05) is 18.7 Å². The highest BCUT2D eigenvalue weighted by Crippen LogP contribution is 2.25. The van der Waals surface area contributed by atoms with E-state index >= 15 is 0 Å². The minimum Gasteiger partial charge on any atom is -0.342 e. The van der Waals surface area contributed by atoms with Gasteiger partial charge in [-0.05, 0) is 26.7 Å². The van der Waals surface area contributed by atoms with Gasteiger partial charge in [-0.15, -0.1) is 0 Å². The molecule has 0 atom stereocenters. The van der Waals surface area contributed by atoms with Gasteiger partial charge < -0.3 is 4.90 Å². The molecule has 2 rings (SSSR count). The third-order valence-electron chi connectivity index (χ3n) is 5.59. The summed E-state index contributed by atoms with van der Waals surface area (Å²) in [6, 6.07) is 0.140. The van der Waals surface area contributed by atoms with Gasteiger partial charge in [0.15, 0.2) is 0 Å². The van der Waals surface area contributed by atoms with Crippen LogP contribution in [0.3, 0.4) is 0 Å². The van der Waals surface area contributed by atoms with Crippen LogP contribution in [0.15, 0.2) is 0 Å². The second kappa shape index (κ2) is 9.30. The highest BCUT2D eigenvalue weighted by atomic mass is 32.2. The first-order valence-corrected chi connectivity index (χ1v) is 11.0. The van der Waals surface area contributed by atoms with Gasteiger partial charge >= 0.3 is 0 Å². The number of piperazine rings is 1. The smallest absolute Gasteiger partial charge is 0.282 e. The van der Waals surface area contributed by atoms with E-state index in [2.05, 4.69) is 4.90 Å². The Balaban J connectivity index is 1.87. The quantitative estimate of drug-likeness (QED) is 0.666. The van der Waals surface area contributed by atoms with Crippen molar-refractivity contribution in [3.63, 3.8) is 0 Å². The van der Waals surface area contributed by atoms with Crippen LogP contribution >= 0.6 is 0 Å². The van der Waals surface area contributed by atoms with Crippen molar-refractivity contribution >= 4 is 16.1 Å². The molecule has 1 saturated carbocycles. The fourth-order valence-corrected chi connectivity index (χ4v) is 5.38. The number of hydrogen-bond acceptors (Lipinski definition) is 4. The topological polar surface area (TPSA) is 64.2 Å². The summed E-state index contributed by atoms with van der Waals surface area (Å²) in [5.74, 6) is 0.126. The minimum absolute atomic E-state index is 0.126. The summed E-state index contributed by atoms with van der Waals surface area (Å²) in [5, 5.41) is 0. The summed E-state index contributed by atoms with van der Waals surface area (Å²) in [6.45, 7) is 7.94. The zero-order valence-corrected chi connectivity index (χ0v) is 16.8. The molecule has 1 saturated heterocycles. The molecule has 1 aliphatic carbocycles. The molecule has 0 radical (unpaired) electrons. The lowest BCUT2D eigenvalue weighted by molar-refractivity contribution is -0.132. The number of likely N-dealkylation sites (N-methyl/N-ethyl adjacent to an activating group) is 1. The van der Waals surface area contributed by atoms with Gasteiger partial charge in [-0.2, -0.15) is 17.0 Å².